The second kappa shape index (κ2) is 31.2. The zero-order chi connectivity index (χ0) is 72.7. The molecule has 38 heteroatoms. The van der Waals surface area contributed by atoms with Crippen LogP contribution in [0.2, 0.25) is 0 Å². The third-order valence-electron chi connectivity index (χ3n) is 23.4. The molecule has 4 aliphatic carbocycles. The van der Waals surface area contributed by atoms with Crippen molar-refractivity contribution in [1.29, 1.82) is 0 Å². The normalized spacial score (nSPS) is 54.5. The minimum Gasteiger partial charge on any atom is -0.432 e. The molecule has 2 bridgehead atoms. The van der Waals surface area contributed by atoms with Crippen molar-refractivity contribution >= 4 is 5.97 Å². The molecule has 0 aromatic rings. The van der Waals surface area contributed by atoms with Gasteiger partial charge in [-0.2, -0.15) is 0 Å². The molecule has 576 valence electrons. The fourth-order valence-electron chi connectivity index (χ4n) is 17.9. The molecule has 38 nitrogen and oxygen atoms in total. The number of aliphatic hydroxyl groups excluding tert-OH is 23. The lowest BCUT2D eigenvalue weighted by atomic mass is 9.41. The molecule has 0 aromatic heterocycles. The summed E-state index contributed by atoms with van der Waals surface area (Å²) in [5.74, 6) is -1.62. The summed E-state index contributed by atoms with van der Waals surface area (Å²) in [6.07, 6.45) is -63.9. The smallest absolute Gasteiger partial charge is 0.314 e. The van der Waals surface area contributed by atoms with Gasteiger partial charge in [0.1, 0.15) is 165 Å². The number of rotatable bonds is 21. The monoisotopic (exact) mass is 1450 g/mol. The summed E-state index contributed by atoms with van der Waals surface area (Å²) >= 11 is 0. The van der Waals surface area contributed by atoms with Crippen molar-refractivity contribution in [2.24, 2.45) is 28.1 Å². The van der Waals surface area contributed by atoms with Gasteiger partial charge in [0.05, 0.1) is 57.3 Å². The first-order chi connectivity index (χ1) is 47.3. The Morgan fingerprint density at radius 1 is 0.380 bits per heavy atom. The first-order valence-electron chi connectivity index (χ1n) is 33.9. The van der Waals surface area contributed by atoms with Crippen LogP contribution in [0.3, 0.4) is 0 Å². The molecule has 0 unspecified atom stereocenters. The van der Waals surface area contributed by atoms with Gasteiger partial charge in [-0.25, -0.2) is 0 Å². The van der Waals surface area contributed by atoms with Crippen molar-refractivity contribution < 1.29 is 189 Å². The van der Waals surface area contributed by atoms with E-state index >= 15 is 4.79 Å². The minimum absolute atomic E-state index is 0.204. The van der Waals surface area contributed by atoms with E-state index in [9.17, 15) is 117 Å². The van der Waals surface area contributed by atoms with Crippen molar-refractivity contribution in [2.75, 3.05) is 46.2 Å². The topological polar surface area (TPSA) is 612 Å². The van der Waals surface area contributed by atoms with Crippen LogP contribution in [-0.4, -0.2) is 390 Å². The standard InChI is InChI=1S/C62H100O38/c1-20-11-61-9-5-28-59(2,29(61)6-10-62(20,19-61)100-57-50(98-54-44(84)40(80)33(73)24(15-66)90-54)48(36(76)27(18-69)93-57)95-52-42(82)38(78)31(71)22(13-64)88-52)7-4-8-60(28,3)58(86)99-56-49(97-53-43(83)39(79)32(72)23(14-65)89-53)47(35(75)26(17-68)92-56)96-55-45(85)46(34(74)25(16-67)91-55)94-51-41(81)37(77)30(70)21(12-63)87-51/h21-57,63-85H,1,4-19H2,2-3H3/t21-,22-,23-,24-,25-,26-,27-,28+,29+,30-,31-,32-,33-,34-,35-,36-,37+,38+,39+,40+,41-,42-,43-,44-,45-,46+,47+,48+,49-,50-,51+,52+,53+,54+,55+,56+,57+,59-,60-,61-,62+/m1/s1. The van der Waals surface area contributed by atoms with Gasteiger partial charge >= 0.3 is 5.97 Å². The van der Waals surface area contributed by atoms with E-state index in [-0.39, 0.29) is 25.2 Å². The van der Waals surface area contributed by atoms with Crippen LogP contribution in [0.4, 0.5) is 0 Å². The van der Waals surface area contributed by atoms with Crippen LogP contribution in [0.1, 0.15) is 71.6 Å². The third-order valence-corrected chi connectivity index (χ3v) is 23.4. The maximum absolute atomic E-state index is 15.6. The highest BCUT2D eigenvalue weighted by Gasteiger charge is 2.70. The van der Waals surface area contributed by atoms with E-state index < -0.39 is 295 Å². The van der Waals surface area contributed by atoms with Crippen molar-refractivity contribution in [1.82, 2.24) is 0 Å². The number of carbonyl (C=O) groups is 1. The van der Waals surface area contributed by atoms with Gasteiger partial charge in [0.2, 0.25) is 6.29 Å². The Morgan fingerprint density at radius 3 is 1.12 bits per heavy atom. The molecule has 11 fully saturated rings. The van der Waals surface area contributed by atoms with Crippen molar-refractivity contribution in [3.8, 4) is 0 Å². The average Bonchev–Trinajstić information content (AvgIpc) is 1.41. The molecule has 1 spiro atoms. The molecule has 0 radical (unpaired) electrons. The van der Waals surface area contributed by atoms with E-state index in [1.165, 1.54) is 0 Å². The lowest BCUT2D eigenvalue weighted by molar-refractivity contribution is -0.400. The Bertz CT molecular complexity index is 2720. The maximum atomic E-state index is 15.6. The number of fused-ring (bicyclic) bond motifs is 3. The first kappa shape index (κ1) is 78.8. The van der Waals surface area contributed by atoms with Crippen LogP contribution in [0.15, 0.2) is 12.2 Å². The van der Waals surface area contributed by atoms with Gasteiger partial charge in [-0.05, 0) is 86.5 Å². The van der Waals surface area contributed by atoms with Gasteiger partial charge in [-0.1, -0.05) is 19.9 Å². The van der Waals surface area contributed by atoms with Crippen molar-refractivity contribution in [2.45, 2.75) is 292 Å². The molecular weight excluding hydrogens is 1350 g/mol. The zero-order valence-electron chi connectivity index (χ0n) is 54.8. The first-order valence-corrected chi connectivity index (χ1v) is 33.9. The summed E-state index contributed by atoms with van der Waals surface area (Å²) in [5, 5.41) is 249. The molecule has 7 saturated heterocycles. The molecule has 0 aromatic carbocycles. The highest BCUT2D eigenvalue weighted by molar-refractivity contribution is 5.77. The van der Waals surface area contributed by atoms with Gasteiger partial charge < -0.3 is 184 Å². The highest BCUT2D eigenvalue weighted by atomic mass is 16.8. The average molecular weight is 1450 g/mol. The fraction of sp³-hybridized carbons (Fsp3) is 0.952. The van der Waals surface area contributed by atoms with Crippen LogP contribution >= 0.6 is 0 Å². The lowest BCUT2D eigenvalue weighted by Crippen LogP contribution is -2.68. The van der Waals surface area contributed by atoms with Crippen LogP contribution in [-0.2, 0) is 71.1 Å². The summed E-state index contributed by atoms with van der Waals surface area (Å²) in [5.41, 5.74) is -3.50. The molecule has 7 aliphatic heterocycles. The lowest BCUT2D eigenvalue weighted by Gasteiger charge is -2.64. The summed E-state index contributed by atoms with van der Waals surface area (Å²) < 4.78 is 84.8. The van der Waals surface area contributed by atoms with Crippen molar-refractivity contribution in [3.63, 3.8) is 0 Å². The zero-order valence-corrected chi connectivity index (χ0v) is 54.8. The van der Waals surface area contributed by atoms with Gasteiger partial charge in [0.15, 0.2) is 43.8 Å². The van der Waals surface area contributed by atoms with E-state index in [1.807, 2.05) is 0 Å². The molecule has 0 amide bonds. The minimum atomic E-state index is -2.24. The molecule has 100 heavy (non-hydrogen) atoms. The number of carbonyl (C=O) groups excluding carboxylic acids is 1. The van der Waals surface area contributed by atoms with Crippen LogP contribution in [0.5, 0.6) is 0 Å². The molecule has 11 rings (SSSR count). The van der Waals surface area contributed by atoms with E-state index in [2.05, 4.69) is 13.5 Å². The summed E-state index contributed by atoms with van der Waals surface area (Å²) in [6.45, 7) is 1.74. The number of hydrogen-bond acceptors (Lipinski definition) is 38. The van der Waals surface area contributed by atoms with Crippen LogP contribution in [0, 0.1) is 28.1 Å². The predicted molar refractivity (Wildman–Crippen MR) is 317 cm³/mol. The van der Waals surface area contributed by atoms with Crippen LogP contribution < -0.4 is 0 Å². The van der Waals surface area contributed by atoms with Gasteiger partial charge in [-0.3, -0.25) is 4.79 Å². The second-order valence-electron chi connectivity index (χ2n) is 29.2. The van der Waals surface area contributed by atoms with Gasteiger partial charge in [-0.15, -0.1) is 0 Å². The molecule has 41 atom stereocenters. The van der Waals surface area contributed by atoms with Crippen LogP contribution in [0.25, 0.3) is 0 Å². The Hall–Kier alpha value is -2.23. The second-order valence-corrected chi connectivity index (χ2v) is 29.2. The summed E-state index contributed by atoms with van der Waals surface area (Å²) in [6, 6.07) is 0. The van der Waals surface area contributed by atoms with E-state index in [0.29, 0.717) is 44.1 Å². The number of ether oxygens (including phenoxy) is 14. The molecule has 23 N–H and O–H groups in total. The number of hydrogen-bond donors (Lipinski definition) is 23. The predicted octanol–water partition coefficient (Wildman–Crippen LogP) is -11.6. The number of aliphatic hydroxyl groups is 23. The Labute approximate surface area is 571 Å². The van der Waals surface area contributed by atoms with Crippen molar-refractivity contribution in [3.05, 3.63) is 12.2 Å². The molecule has 4 saturated carbocycles. The largest absolute Gasteiger partial charge is 0.432 e. The van der Waals surface area contributed by atoms with Gasteiger partial charge in [0, 0.05) is 0 Å². The molecular formula is C62H100O38. The summed E-state index contributed by atoms with van der Waals surface area (Å²) in [7, 11) is 0. The SMILES string of the molecule is C=C1C[C@@]23CC[C@H]4[C@@](C)(CCC[C@@]4(C)C(=O)O[C@@H]4O[C@H](CO)[C@@H](O)[C@H](O[C@@H]5O[C@H](CO)[C@@H](O)[C@H](O[C@@H]6O[C@H](CO)[C@@H](O)[C@H](O)[C@H]6O)[C@H]5O)[C@H]4O[C@@H]4O[C@H](CO)[C@@H](O)[C@H](O)[C@H]4O)[C@@H]2CC[C@]1(O[C@@H]1O[C@H](CO)[C@@H](O)[C@H](O[C@@H]2O[C@H](CO)[C@@H](O)[C@H](O)[C@H]2O)[C@H]1O[C@@H]1O[C@H](CO)[C@@H](O)[C@H](O)[C@H]1O)C3. The Morgan fingerprint density at radius 2 is 0.710 bits per heavy atom. The highest BCUT2D eigenvalue weighted by Crippen LogP contribution is 2.74. The number of esters is 1. The Balaban J connectivity index is 0.864. The quantitative estimate of drug-likeness (QED) is 0.0288. The molecule has 11 aliphatic rings. The van der Waals surface area contributed by atoms with Gasteiger partial charge in [0.25, 0.3) is 0 Å². The third kappa shape index (κ3) is 14.0. The maximum Gasteiger partial charge on any atom is 0.314 e. The molecule has 7 heterocycles. The van der Waals surface area contributed by atoms with E-state index in [0.717, 1.165) is 0 Å². The fourth-order valence-corrected chi connectivity index (χ4v) is 17.9. The van der Waals surface area contributed by atoms with E-state index in [1.54, 1.807) is 6.92 Å². The summed E-state index contributed by atoms with van der Waals surface area (Å²) in [4.78, 5) is 15.6. The van der Waals surface area contributed by atoms with E-state index in [4.69, 9.17) is 66.3 Å². The Kier molecular flexibility index (Phi) is 24.6.